The molecule has 150 valence electrons. The number of fused-ring (bicyclic) bond motifs is 2. The quantitative estimate of drug-likeness (QED) is 0.367. The van der Waals surface area contributed by atoms with Gasteiger partial charge in [0.05, 0.1) is 24.8 Å². The van der Waals surface area contributed by atoms with Crippen molar-refractivity contribution in [2.45, 2.75) is 82.8 Å². The standard InChI is InChI=1S/C20H30N4O2.HI/c1-2-21-20(24-17-11-16-8-9-18(17)25-16)23-13-14-7-10-19(22-12-14)26-15-5-3-4-6-15;/h7,10,12,15-18H,2-6,8-9,11,13H2,1H3,(H2,21,23,24);1H. The molecule has 3 unspecified atom stereocenters. The molecule has 2 aliphatic heterocycles. The average Bonchev–Trinajstić information content (AvgIpc) is 3.39. The molecule has 7 heteroatoms. The first-order valence-corrected chi connectivity index (χ1v) is 10.1. The Kier molecular flexibility index (Phi) is 7.57. The van der Waals surface area contributed by atoms with Crippen LogP contribution in [-0.2, 0) is 11.3 Å². The molecule has 1 saturated carbocycles. The first kappa shape index (κ1) is 20.6. The smallest absolute Gasteiger partial charge is 0.213 e. The molecule has 2 saturated heterocycles. The second kappa shape index (κ2) is 9.91. The Hall–Kier alpha value is -1.09. The van der Waals surface area contributed by atoms with Gasteiger partial charge in [-0.25, -0.2) is 9.98 Å². The van der Waals surface area contributed by atoms with Gasteiger partial charge >= 0.3 is 0 Å². The molecule has 0 aromatic carbocycles. The van der Waals surface area contributed by atoms with Crippen LogP contribution in [0.3, 0.4) is 0 Å². The molecule has 3 fully saturated rings. The SMILES string of the molecule is CCNC(=NCc1ccc(OC2CCCC2)nc1)NC1CC2CCC1O2.I. The van der Waals surface area contributed by atoms with Gasteiger partial charge in [-0.1, -0.05) is 6.07 Å². The second-order valence-electron chi connectivity index (χ2n) is 7.58. The van der Waals surface area contributed by atoms with Crippen molar-refractivity contribution >= 4 is 29.9 Å². The van der Waals surface area contributed by atoms with Crippen LogP contribution in [0.4, 0.5) is 0 Å². The molecule has 27 heavy (non-hydrogen) atoms. The molecule has 3 aliphatic rings. The summed E-state index contributed by atoms with van der Waals surface area (Å²) in [7, 11) is 0. The van der Waals surface area contributed by atoms with E-state index in [9.17, 15) is 0 Å². The van der Waals surface area contributed by atoms with E-state index in [1.807, 2.05) is 12.3 Å². The van der Waals surface area contributed by atoms with Gasteiger partial charge < -0.3 is 20.1 Å². The van der Waals surface area contributed by atoms with Gasteiger partial charge in [-0.3, -0.25) is 0 Å². The van der Waals surface area contributed by atoms with Crippen molar-refractivity contribution in [1.82, 2.24) is 15.6 Å². The van der Waals surface area contributed by atoms with Gasteiger partial charge in [0.15, 0.2) is 5.96 Å². The normalized spacial score (nSPS) is 27.4. The number of guanidine groups is 1. The van der Waals surface area contributed by atoms with Crippen molar-refractivity contribution in [1.29, 1.82) is 0 Å². The third-order valence-corrected chi connectivity index (χ3v) is 5.58. The summed E-state index contributed by atoms with van der Waals surface area (Å²) >= 11 is 0. The minimum Gasteiger partial charge on any atom is -0.474 e. The lowest BCUT2D eigenvalue weighted by atomic mass is 9.96. The summed E-state index contributed by atoms with van der Waals surface area (Å²) in [5.41, 5.74) is 1.09. The molecule has 1 aliphatic carbocycles. The summed E-state index contributed by atoms with van der Waals surface area (Å²) in [4.78, 5) is 9.17. The minimum atomic E-state index is 0. The van der Waals surface area contributed by atoms with Crippen LogP contribution < -0.4 is 15.4 Å². The molecule has 0 amide bonds. The van der Waals surface area contributed by atoms with Crippen LogP contribution in [-0.4, -0.2) is 41.8 Å². The maximum Gasteiger partial charge on any atom is 0.213 e. The number of hydrogen-bond acceptors (Lipinski definition) is 4. The zero-order valence-electron chi connectivity index (χ0n) is 16.0. The van der Waals surface area contributed by atoms with Crippen molar-refractivity contribution in [3.8, 4) is 5.88 Å². The van der Waals surface area contributed by atoms with Gasteiger partial charge in [0, 0.05) is 18.8 Å². The Morgan fingerprint density at radius 3 is 2.74 bits per heavy atom. The van der Waals surface area contributed by atoms with Crippen LogP contribution in [0.1, 0.15) is 57.4 Å². The maximum absolute atomic E-state index is 5.93. The van der Waals surface area contributed by atoms with Gasteiger partial charge in [0.25, 0.3) is 0 Å². The first-order chi connectivity index (χ1) is 12.8. The lowest BCUT2D eigenvalue weighted by molar-refractivity contribution is 0.0992. The summed E-state index contributed by atoms with van der Waals surface area (Å²) in [6.45, 7) is 3.54. The summed E-state index contributed by atoms with van der Waals surface area (Å²) in [6.07, 6.45) is 11.3. The summed E-state index contributed by atoms with van der Waals surface area (Å²) in [6, 6.07) is 4.41. The summed E-state index contributed by atoms with van der Waals surface area (Å²) in [5.74, 6) is 1.59. The molecule has 2 N–H and O–H groups in total. The number of aliphatic imine (C=N–C) groups is 1. The van der Waals surface area contributed by atoms with E-state index in [-0.39, 0.29) is 24.0 Å². The van der Waals surface area contributed by atoms with E-state index in [2.05, 4.69) is 28.6 Å². The zero-order chi connectivity index (χ0) is 17.8. The number of ether oxygens (including phenoxy) is 2. The highest BCUT2D eigenvalue weighted by atomic mass is 127. The fraction of sp³-hybridized carbons (Fsp3) is 0.700. The average molecular weight is 486 g/mol. The highest BCUT2D eigenvalue weighted by Gasteiger charge is 2.41. The van der Waals surface area contributed by atoms with Crippen LogP contribution in [0, 0.1) is 0 Å². The predicted octanol–water partition coefficient (Wildman–Crippen LogP) is 3.40. The molecule has 3 atom stereocenters. The van der Waals surface area contributed by atoms with Crippen LogP contribution in [0.25, 0.3) is 0 Å². The number of nitrogens with zero attached hydrogens (tertiary/aromatic N) is 2. The number of nitrogens with one attached hydrogen (secondary N) is 2. The Morgan fingerprint density at radius 2 is 2.11 bits per heavy atom. The Morgan fingerprint density at radius 1 is 1.26 bits per heavy atom. The lowest BCUT2D eigenvalue weighted by Gasteiger charge is -2.22. The van der Waals surface area contributed by atoms with E-state index in [4.69, 9.17) is 14.5 Å². The van der Waals surface area contributed by atoms with E-state index in [1.165, 1.54) is 19.3 Å². The number of rotatable bonds is 6. The van der Waals surface area contributed by atoms with Crippen molar-refractivity contribution in [3.05, 3.63) is 23.9 Å². The van der Waals surface area contributed by atoms with Crippen LogP contribution in [0.2, 0.25) is 0 Å². The minimum absolute atomic E-state index is 0. The van der Waals surface area contributed by atoms with Crippen LogP contribution >= 0.6 is 24.0 Å². The van der Waals surface area contributed by atoms with Crippen LogP contribution in [0.15, 0.2) is 23.3 Å². The van der Waals surface area contributed by atoms with Gasteiger partial charge in [-0.2, -0.15) is 0 Å². The Labute approximate surface area is 178 Å². The fourth-order valence-corrected chi connectivity index (χ4v) is 4.21. The topological polar surface area (TPSA) is 67.8 Å². The molecule has 4 rings (SSSR count). The number of pyridine rings is 1. The first-order valence-electron chi connectivity index (χ1n) is 10.1. The molecule has 6 nitrogen and oxygen atoms in total. The third-order valence-electron chi connectivity index (χ3n) is 5.58. The van der Waals surface area contributed by atoms with E-state index in [0.29, 0.717) is 30.9 Å². The maximum atomic E-state index is 5.93. The fourth-order valence-electron chi connectivity index (χ4n) is 4.21. The molecular weight excluding hydrogens is 455 g/mol. The lowest BCUT2D eigenvalue weighted by Crippen LogP contribution is -2.47. The van der Waals surface area contributed by atoms with Gasteiger partial charge in [-0.05, 0) is 57.4 Å². The molecular formula is C20H31IN4O2. The number of halogens is 1. The highest BCUT2D eigenvalue weighted by Crippen LogP contribution is 2.34. The highest BCUT2D eigenvalue weighted by molar-refractivity contribution is 14.0. The van der Waals surface area contributed by atoms with E-state index in [1.54, 1.807) is 0 Å². The summed E-state index contributed by atoms with van der Waals surface area (Å²) < 4.78 is 11.9. The molecule has 1 aromatic rings. The predicted molar refractivity (Wildman–Crippen MR) is 117 cm³/mol. The Bertz CT molecular complexity index is 619. The van der Waals surface area contributed by atoms with E-state index in [0.717, 1.165) is 49.6 Å². The van der Waals surface area contributed by atoms with Crippen molar-refractivity contribution in [3.63, 3.8) is 0 Å². The second-order valence-corrected chi connectivity index (χ2v) is 7.58. The molecule has 0 spiro atoms. The monoisotopic (exact) mass is 486 g/mol. The number of aromatic nitrogens is 1. The number of hydrogen-bond donors (Lipinski definition) is 2. The van der Waals surface area contributed by atoms with Crippen molar-refractivity contribution < 1.29 is 9.47 Å². The largest absolute Gasteiger partial charge is 0.474 e. The molecule has 3 heterocycles. The van der Waals surface area contributed by atoms with Crippen LogP contribution in [0.5, 0.6) is 5.88 Å². The third kappa shape index (κ3) is 5.47. The van der Waals surface area contributed by atoms with E-state index >= 15 is 0 Å². The van der Waals surface area contributed by atoms with Gasteiger partial charge in [0.1, 0.15) is 6.10 Å². The van der Waals surface area contributed by atoms with Crippen molar-refractivity contribution in [2.75, 3.05) is 6.54 Å². The van der Waals surface area contributed by atoms with Gasteiger partial charge in [-0.15, -0.1) is 24.0 Å². The zero-order valence-corrected chi connectivity index (χ0v) is 18.4. The van der Waals surface area contributed by atoms with E-state index < -0.39 is 0 Å². The molecule has 2 bridgehead atoms. The Balaban J connectivity index is 0.00000210. The van der Waals surface area contributed by atoms with Gasteiger partial charge in [0.2, 0.25) is 5.88 Å². The molecule has 1 aromatic heterocycles. The van der Waals surface area contributed by atoms with Crippen molar-refractivity contribution in [2.24, 2.45) is 4.99 Å². The summed E-state index contributed by atoms with van der Waals surface area (Å²) in [5, 5.41) is 6.88. The molecule has 0 radical (unpaired) electrons.